The van der Waals surface area contributed by atoms with Crippen LogP contribution in [0.15, 0.2) is 0 Å². The number of rotatable bonds is 4. The lowest BCUT2D eigenvalue weighted by atomic mass is 9.99. The minimum absolute atomic E-state index is 0.862. The maximum Gasteiger partial charge on any atom is 0.000988 e. The molecule has 2 fully saturated rings. The van der Waals surface area contributed by atoms with Crippen LogP contribution in [0.1, 0.15) is 32.1 Å². The second-order valence-corrected chi connectivity index (χ2v) is 4.80. The summed E-state index contributed by atoms with van der Waals surface area (Å²) in [6.45, 7) is 4.91. The fraction of sp³-hybridized carbons (Fsp3) is 1.00. The summed E-state index contributed by atoms with van der Waals surface area (Å²) in [5.41, 5.74) is 5.49. The molecule has 1 saturated carbocycles. The second-order valence-electron chi connectivity index (χ2n) is 4.80. The molecule has 76 valence electrons. The molecule has 0 aromatic rings. The Morgan fingerprint density at radius 2 is 1.77 bits per heavy atom. The molecule has 1 saturated heterocycles. The van der Waals surface area contributed by atoms with Crippen molar-refractivity contribution in [2.45, 2.75) is 32.1 Å². The highest BCUT2D eigenvalue weighted by molar-refractivity contribution is 4.85. The fourth-order valence-electron chi connectivity index (χ4n) is 2.98. The average Bonchev–Trinajstić information content (AvgIpc) is 2.46. The summed E-state index contributed by atoms with van der Waals surface area (Å²) in [6.07, 6.45) is 7.02. The number of fused-ring (bicyclic) bond motifs is 2. The van der Waals surface area contributed by atoms with Crippen molar-refractivity contribution in [3.8, 4) is 0 Å². The monoisotopic (exact) mass is 182 g/mol. The van der Waals surface area contributed by atoms with E-state index in [-0.39, 0.29) is 0 Å². The molecule has 2 bridgehead atoms. The van der Waals surface area contributed by atoms with Gasteiger partial charge in [0.15, 0.2) is 0 Å². The number of nitrogens with zero attached hydrogens (tertiary/aromatic N) is 1. The molecule has 1 aliphatic heterocycles. The molecule has 2 N–H and O–H groups in total. The normalized spacial score (nSPS) is 33.9. The van der Waals surface area contributed by atoms with Crippen LogP contribution in [0.5, 0.6) is 0 Å². The predicted molar refractivity (Wildman–Crippen MR) is 55.6 cm³/mol. The van der Waals surface area contributed by atoms with E-state index in [1.54, 1.807) is 0 Å². The van der Waals surface area contributed by atoms with Crippen LogP contribution >= 0.6 is 0 Å². The molecule has 1 aliphatic carbocycles. The number of unbranched alkanes of at least 4 members (excludes halogenated alkanes) is 1. The molecule has 2 aliphatic rings. The van der Waals surface area contributed by atoms with Crippen molar-refractivity contribution in [3.05, 3.63) is 0 Å². The topological polar surface area (TPSA) is 29.3 Å². The van der Waals surface area contributed by atoms with E-state index in [2.05, 4.69) is 4.90 Å². The highest BCUT2D eigenvalue weighted by Crippen LogP contribution is 2.36. The van der Waals surface area contributed by atoms with Crippen LogP contribution in [0.25, 0.3) is 0 Å². The van der Waals surface area contributed by atoms with Gasteiger partial charge in [-0.25, -0.2) is 0 Å². The third kappa shape index (κ3) is 2.44. The Kier molecular flexibility index (Phi) is 3.23. The number of hydrogen-bond donors (Lipinski definition) is 1. The molecular formula is C11H22N2. The van der Waals surface area contributed by atoms with Gasteiger partial charge in [0.05, 0.1) is 0 Å². The lowest BCUT2D eigenvalue weighted by molar-refractivity contribution is 0.166. The first-order valence-electron chi connectivity index (χ1n) is 5.81. The zero-order chi connectivity index (χ0) is 9.10. The summed E-state index contributed by atoms with van der Waals surface area (Å²) in [4.78, 5) is 2.67. The summed E-state index contributed by atoms with van der Waals surface area (Å²) >= 11 is 0. The number of nitrogens with two attached hydrogens (primary N) is 1. The summed E-state index contributed by atoms with van der Waals surface area (Å²) in [5, 5.41) is 0. The van der Waals surface area contributed by atoms with Crippen LogP contribution in [0.3, 0.4) is 0 Å². The number of piperidine rings is 1. The molecule has 0 aromatic carbocycles. The molecule has 0 amide bonds. The minimum Gasteiger partial charge on any atom is -0.330 e. The van der Waals surface area contributed by atoms with Gasteiger partial charge in [-0.2, -0.15) is 0 Å². The van der Waals surface area contributed by atoms with Gasteiger partial charge in [0, 0.05) is 13.1 Å². The third-order valence-corrected chi connectivity index (χ3v) is 3.61. The second kappa shape index (κ2) is 4.43. The van der Waals surface area contributed by atoms with Crippen LogP contribution in [-0.4, -0.2) is 31.1 Å². The molecule has 2 unspecified atom stereocenters. The highest BCUT2D eigenvalue weighted by Gasteiger charge is 2.32. The average molecular weight is 182 g/mol. The van der Waals surface area contributed by atoms with Gasteiger partial charge in [-0.05, 0) is 57.0 Å². The molecule has 1 heterocycles. The first kappa shape index (κ1) is 9.47. The third-order valence-electron chi connectivity index (χ3n) is 3.61. The van der Waals surface area contributed by atoms with Gasteiger partial charge in [0.2, 0.25) is 0 Å². The van der Waals surface area contributed by atoms with E-state index in [4.69, 9.17) is 5.73 Å². The Bertz CT molecular complexity index is 146. The van der Waals surface area contributed by atoms with Crippen LogP contribution in [0, 0.1) is 11.8 Å². The lowest BCUT2D eigenvalue weighted by Gasteiger charge is -2.31. The maximum absolute atomic E-state index is 5.49. The van der Waals surface area contributed by atoms with Crippen LogP contribution in [0.2, 0.25) is 0 Å². The van der Waals surface area contributed by atoms with Crippen LogP contribution < -0.4 is 5.73 Å². The first-order valence-corrected chi connectivity index (χ1v) is 5.81. The van der Waals surface area contributed by atoms with Crippen molar-refractivity contribution in [3.63, 3.8) is 0 Å². The fourth-order valence-corrected chi connectivity index (χ4v) is 2.98. The summed E-state index contributed by atoms with van der Waals surface area (Å²) < 4.78 is 0. The highest BCUT2D eigenvalue weighted by atomic mass is 15.1. The smallest absolute Gasteiger partial charge is 0.000988 e. The Labute approximate surface area is 81.5 Å². The van der Waals surface area contributed by atoms with Gasteiger partial charge < -0.3 is 10.6 Å². The van der Waals surface area contributed by atoms with Gasteiger partial charge in [-0.15, -0.1) is 0 Å². The predicted octanol–water partition coefficient (Wildman–Crippen LogP) is 1.46. The molecule has 0 aromatic heterocycles. The molecule has 2 atom stereocenters. The van der Waals surface area contributed by atoms with Crippen molar-refractivity contribution >= 4 is 0 Å². The number of hydrogen-bond acceptors (Lipinski definition) is 2. The van der Waals surface area contributed by atoms with E-state index in [1.807, 2.05) is 0 Å². The van der Waals surface area contributed by atoms with E-state index in [9.17, 15) is 0 Å². The molecule has 2 nitrogen and oxygen atoms in total. The largest absolute Gasteiger partial charge is 0.330 e. The Morgan fingerprint density at radius 3 is 2.38 bits per heavy atom. The van der Waals surface area contributed by atoms with E-state index in [0.717, 1.165) is 18.4 Å². The molecule has 13 heavy (non-hydrogen) atoms. The summed E-state index contributed by atoms with van der Waals surface area (Å²) in [5.74, 6) is 2.08. The first-order chi connectivity index (χ1) is 6.38. The zero-order valence-electron chi connectivity index (χ0n) is 8.54. The van der Waals surface area contributed by atoms with Gasteiger partial charge in [-0.3, -0.25) is 0 Å². The van der Waals surface area contributed by atoms with Crippen molar-refractivity contribution < 1.29 is 0 Å². The van der Waals surface area contributed by atoms with Gasteiger partial charge in [0.1, 0.15) is 0 Å². The molecule has 2 heteroatoms. The SMILES string of the molecule is NCCCCN1CC2CCC(C2)C1. The summed E-state index contributed by atoms with van der Waals surface area (Å²) in [7, 11) is 0. The number of likely N-dealkylation sites (tertiary alicyclic amines) is 1. The van der Waals surface area contributed by atoms with Crippen molar-refractivity contribution in [2.24, 2.45) is 17.6 Å². The van der Waals surface area contributed by atoms with E-state index < -0.39 is 0 Å². The van der Waals surface area contributed by atoms with Crippen molar-refractivity contribution in [1.29, 1.82) is 0 Å². The van der Waals surface area contributed by atoms with Gasteiger partial charge >= 0.3 is 0 Å². The quantitative estimate of drug-likeness (QED) is 0.667. The standard InChI is InChI=1S/C11H22N2/c12-5-1-2-6-13-8-10-3-4-11(7-10)9-13/h10-11H,1-9,12H2. The van der Waals surface area contributed by atoms with Crippen LogP contribution in [0.4, 0.5) is 0 Å². The Hall–Kier alpha value is -0.0800. The van der Waals surface area contributed by atoms with Gasteiger partial charge in [-0.1, -0.05) is 0 Å². The Morgan fingerprint density at radius 1 is 1.08 bits per heavy atom. The lowest BCUT2D eigenvalue weighted by Crippen LogP contribution is -2.37. The van der Waals surface area contributed by atoms with E-state index in [0.29, 0.717) is 0 Å². The Balaban J connectivity index is 1.69. The molecule has 2 rings (SSSR count). The zero-order valence-corrected chi connectivity index (χ0v) is 8.54. The van der Waals surface area contributed by atoms with Crippen molar-refractivity contribution in [2.75, 3.05) is 26.2 Å². The minimum atomic E-state index is 0.862. The summed E-state index contributed by atoms with van der Waals surface area (Å²) in [6, 6.07) is 0. The molecule has 0 spiro atoms. The van der Waals surface area contributed by atoms with E-state index in [1.165, 1.54) is 51.7 Å². The molecular weight excluding hydrogens is 160 g/mol. The van der Waals surface area contributed by atoms with Crippen molar-refractivity contribution in [1.82, 2.24) is 4.90 Å². The van der Waals surface area contributed by atoms with Crippen LogP contribution in [-0.2, 0) is 0 Å². The van der Waals surface area contributed by atoms with Gasteiger partial charge in [0.25, 0.3) is 0 Å². The molecule has 0 radical (unpaired) electrons. The maximum atomic E-state index is 5.49. The van der Waals surface area contributed by atoms with E-state index >= 15 is 0 Å².